The highest BCUT2D eigenvalue weighted by Crippen LogP contribution is 2.37. The fourth-order valence-corrected chi connectivity index (χ4v) is 5.37. The number of anilines is 1. The molecule has 0 aliphatic heterocycles. The second-order valence-corrected chi connectivity index (χ2v) is 9.61. The lowest BCUT2D eigenvalue weighted by Crippen LogP contribution is -2.39. The zero-order chi connectivity index (χ0) is 24.5. The van der Waals surface area contributed by atoms with Gasteiger partial charge in [-0.25, -0.2) is 9.78 Å². The summed E-state index contributed by atoms with van der Waals surface area (Å²) in [6.45, 7) is 0.126. The van der Waals surface area contributed by atoms with Crippen LogP contribution in [-0.2, 0) is 17.8 Å². The van der Waals surface area contributed by atoms with Gasteiger partial charge in [0.25, 0.3) is 0 Å². The van der Waals surface area contributed by atoms with E-state index in [-0.39, 0.29) is 22.8 Å². The molecule has 34 heavy (non-hydrogen) atoms. The van der Waals surface area contributed by atoms with Gasteiger partial charge >= 0.3 is 12.3 Å². The summed E-state index contributed by atoms with van der Waals surface area (Å²) in [5.41, 5.74) is 0.854. The SMILES string of the molecule is CN(c1nc(Cl)nc2sc(CC(F)(F)F)cc12)[C@H]1C[C@@H](NC(=O)OCc2ccccc2)C[C@H]1O. The van der Waals surface area contributed by atoms with Gasteiger partial charge in [-0.3, -0.25) is 0 Å². The molecule has 1 aliphatic rings. The third-order valence-corrected chi connectivity index (χ3v) is 6.83. The van der Waals surface area contributed by atoms with Crippen LogP contribution in [0, 0.1) is 0 Å². The van der Waals surface area contributed by atoms with Crippen LogP contribution in [0.2, 0.25) is 5.28 Å². The Kier molecular flexibility index (Phi) is 7.15. The highest BCUT2D eigenvalue weighted by atomic mass is 35.5. The summed E-state index contributed by atoms with van der Waals surface area (Å²) in [6.07, 6.45) is -6.13. The van der Waals surface area contributed by atoms with Gasteiger partial charge in [-0.2, -0.15) is 18.2 Å². The number of aliphatic hydroxyl groups excluding tert-OH is 1. The van der Waals surface area contributed by atoms with Crippen LogP contribution in [-0.4, -0.2) is 52.6 Å². The average molecular weight is 515 g/mol. The Labute approximate surface area is 202 Å². The fraction of sp³-hybridized carbons (Fsp3) is 0.409. The van der Waals surface area contributed by atoms with Crippen molar-refractivity contribution < 1.29 is 27.8 Å². The van der Waals surface area contributed by atoms with Crippen molar-refractivity contribution in [2.75, 3.05) is 11.9 Å². The number of hydrogen-bond donors (Lipinski definition) is 2. The molecule has 1 amide bonds. The number of fused-ring (bicyclic) bond motifs is 1. The first-order valence-corrected chi connectivity index (χ1v) is 11.7. The number of carbonyl (C=O) groups is 1. The number of hydrogen-bond acceptors (Lipinski definition) is 7. The molecule has 2 aromatic heterocycles. The molecule has 3 atom stereocenters. The number of rotatable bonds is 6. The summed E-state index contributed by atoms with van der Waals surface area (Å²) in [7, 11) is 1.68. The van der Waals surface area contributed by atoms with Crippen LogP contribution in [0.4, 0.5) is 23.8 Å². The second kappa shape index (κ2) is 9.93. The smallest absolute Gasteiger partial charge is 0.407 e. The number of nitrogens with zero attached hydrogens (tertiary/aromatic N) is 3. The predicted octanol–water partition coefficient (Wildman–Crippen LogP) is 4.70. The summed E-state index contributed by atoms with van der Waals surface area (Å²) in [4.78, 5) is 22.6. The van der Waals surface area contributed by atoms with Crippen LogP contribution in [0.1, 0.15) is 23.3 Å². The minimum atomic E-state index is -4.35. The number of amides is 1. The minimum absolute atomic E-state index is 0.0959. The van der Waals surface area contributed by atoms with E-state index < -0.39 is 30.8 Å². The number of ether oxygens (including phenoxy) is 1. The molecule has 0 spiro atoms. The van der Waals surface area contributed by atoms with Gasteiger partial charge in [0.15, 0.2) is 0 Å². The normalized spacial score (nSPS) is 20.5. The number of aliphatic hydroxyl groups is 1. The summed E-state index contributed by atoms with van der Waals surface area (Å²) in [5.74, 6) is 0.330. The third kappa shape index (κ3) is 5.89. The molecule has 1 aromatic carbocycles. The van der Waals surface area contributed by atoms with E-state index in [4.69, 9.17) is 16.3 Å². The van der Waals surface area contributed by atoms with Crippen LogP contribution < -0.4 is 10.2 Å². The number of carbonyl (C=O) groups excluding carboxylic acids is 1. The Bertz CT molecular complexity index is 1160. The Morgan fingerprint density at radius 1 is 1.29 bits per heavy atom. The van der Waals surface area contributed by atoms with E-state index in [1.807, 2.05) is 30.3 Å². The van der Waals surface area contributed by atoms with E-state index in [1.165, 1.54) is 6.07 Å². The molecule has 1 saturated carbocycles. The fourth-order valence-electron chi connectivity index (χ4n) is 4.10. The lowest BCUT2D eigenvalue weighted by atomic mass is 10.1. The molecule has 0 bridgehead atoms. The van der Waals surface area contributed by atoms with Gasteiger partial charge in [-0.15, -0.1) is 11.3 Å². The molecule has 1 aliphatic carbocycles. The number of likely N-dealkylation sites (N-methyl/N-ethyl adjacent to an activating group) is 1. The van der Waals surface area contributed by atoms with Gasteiger partial charge in [-0.05, 0) is 36.1 Å². The summed E-state index contributed by atoms with van der Waals surface area (Å²) >= 11 is 6.94. The highest BCUT2D eigenvalue weighted by Gasteiger charge is 2.38. The molecule has 0 radical (unpaired) electrons. The molecular weight excluding hydrogens is 493 g/mol. The van der Waals surface area contributed by atoms with Gasteiger partial charge < -0.3 is 20.1 Å². The maximum Gasteiger partial charge on any atom is 0.407 e. The van der Waals surface area contributed by atoms with Crippen molar-refractivity contribution in [1.29, 1.82) is 0 Å². The van der Waals surface area contributed by atoms with Crippen molar-refractivity contribution in [3.63, 3.8) is 0 Å². The Hall–Kier alpha value is -2.63. The highest BCUT2D eigenvalue weighted by molar-refractivity contribution is 7.18. The maximum atomic E-state index is 12.9. The molecule has 1 fully saturated rings. The van der Waals surface area contributed by atoms with Crippen molar-refractivity contribution >= 4 is 45.1 Å². The summed E-state index contributed by atoms with van der Waals surface area (Å²) in [5, 5.41) is 13.8. The first-order valence-electron chi connectivity index (χ1n) is 10.5. The molecular formula is C22H22ClF3N4O3S. The molecule has 0 unspecified atom stereocenters. The second-order valence-electron chi connectivity index (χ2n) is 8.16. The quantitative estimate of drug-likeness (QED) is 0.463. The Balaban J connectivity index is 1.44. The van der Waals surface area contributed by atoms with Crippen molar-refractivity contribution in [2.24, 2.45) is 0 Å². The van der Waals surface area contributed by atoms with Crippen LogP contribution in [0.25, 0.3) is 10.2 Å². The van der Waals surface area contributed by atoms with Crippen LogP contribution in [0.3, 0.4) is 0 Å². The van der Waals surface area contributed by atoms with E-state index in [2.05, 4.69) is 15.3 Å². The molecule has 182 valence electrons. The first-order chi connectivity index (χ1) is 16.1. The van der Waals surface area contributed by atoms with E-state index in [1.54, 1.807) is 11.9 Å². The standard InChI is InChI=1S/C22H22ClF3N4O3S/c1-30(18-15-9-14(10-22(24,25)26)34-19(15)29-20(23)28-18)16-7-13(8-17(16)31)27-21(32)33-11-12-5-3-2-4-6-12/h2-6,9,13,16-17,31H,7-8,10-11H2,1H3,(H,27,32)/t13-,16+,17-/m1/s1. The van der Waals surface area contributed by atoms with E-state index in [0.29, 0.717) is 28.9 Å². The molecule has 2 heterocycles. The van der Waals surface area contributed by atoms with Crippen LogP contribution >= 0.6 is 22.9 Å². The van der Waals surface area contributed by atoms with Crippen molar-refractivity contribution in [1.82, 2.24) is 15.3 Å². The van der Waals surface area contributed by atoms with Gasteiger partial charge in [0.1, 0.15) is 17.3 Å². The zero-order valence-electron chi connectivity index (χ0n) is 18.1. The zero-order valence-corrected chi connectivity index (χ0v) is 19.6. The molecule has 12 heteroatoms. The number of nitrogens with one attached hydrogen (secondary N) is 1. The van der Waals surface area contributed by atoms with E-state index in [9.17, 15) is 23.1 Å². The number of halogens is 4. The molecule has 3 aromatic rings. The number of aromatic nitrogens is 2. The largest absolute Gasteiger partial charge is 0.445 e. The van der Waals surface area contributed by atoms with Crippen molar-refractivity contribution in [2.45, 2.75) is 50.2 Å². The van der Waals surface area contributed by atoms with Gasteiger partial charge in [0.05, 0.1) is 24.0 Å². The number of thiophene rings is 1. The van der Waals surface area contributed by atoms with Gasteiger partial charge in [-0.1, -0.05) is 30.3 Å². The first kappa shape index (κ1) is 24.5. The molecule has 2 N–H and O–H groups in total. The lowest BCUT2D eigenvalue weighted by molar-refractivity contribution is -0.126. The van der Waals surface area contributed by atoms with Crippen LogP contribution in [0.5, 0.6) is 0 Å². The Morgan fingerprint density at radius 2 is 2.03 bits per heavy atom. The van der Waals surface area contributed by atoms with Gasteiger partial charge in [0.2, 0.25) is 5.28 Å². The number of alkyl carbamates (subject to hydrolysis) is 1. The predicted molar refractivity (Wildman–Crippen MR) is 123 cm³/mol. The third-order valence-electron chi connectivity index (χ3n) is 5.63. The maximum absolute atomic E-state index is 12.9. The minimum Gasteiger partial charge on any atom is -0.445 e. The molecule has 4 rings (SSSR count). The molecule has 0 saturated heterocycles. The van der Waals surface area contributed by atoms with Gasteiger partial charge in [0, 0.05) is 18.0 Å². The van der Waals surface area contributed by atoms with Crippen molar-refractivity contribution in [3.8, 4) is 0 Å². The summed E-state index contributed by atoms with van der Waals surface area (Å²) < 4.78 is 43.8. The monoisotopic (exact) mass is 514 g/mol. The average Bonchev–Trinajstić information content (AvgIpc) is 3.32. The number of alkyl halides is 3. The topological polar surface area (TPSA) is 87.6 Å². The summed E-state index contributed by atoms with van der Waals surface area (Å²) in [6, 6.07) is 9.87. The molecule has 7 nitrogen and oxygen atoms in total. The van der Waals surface area contributed by atoms with Crippen LogP contribution in [0.15, 0.2) is 36.4 Å². The van der Waals surface area contributed by atoms with E-state index >= 15 is 0 Å². The Morgan fingerprint density at radius 3 is 2.74 bits per heavy atom. The van der Waals surface area contributed by atoms with Crippen molar-refractivity contribution in [3.05, 3.63) is 52.1 Å². The number of benzene rings is 1. The lowest BCUT2D eigenvalue weighted by Gasteiger charge is -2.28. The van der Waals surface area contributed by atoms with E-state index in [0.717, 1.165) is 16.9 Å².